The zero-order chi connectivity index (χ0) is 10.4. The van der Waals surface area contributed by atoms with Crippen LogP contribution in [0.1, 0.15) is 24.6 Å². The lowest BCUT2D eigenvalue weighted by Crippen LogP contribution is -2.27. The molecule has 2 nitrogen and oxygen atoms in total. The van der Waals surface area contributed by atoms with Gasteiger partial charge in [0.25, 0.3) is 0 Å². The van der Waals surface area contributed by atoms with Crippen LogP contribution in [0.2, 0.25) is 0 Å². The lowest BCUT2D eigenvalue weighted by Gasteiger charge is -2.18. The molecule has 0 atom stereocenters. The summed E-state index contributed by atoms with van der Waals surface area (Å²) in [5, 5.41) is 9.86. The molecule has 0 saturated carbocycles. The normalized spacial score (nSPS) is 10.1. The largest absolute Gasteiger partial charge is 0.363 e. The SMILES string of the molecule is CCCC(=N)N(C)CCc1cccs1. The van der Waals surface area contributed by atoms with Gasteiger partial charge in [0.1, 0.15) is 0 Å². The van der Waals surface area contributed by atoms with E-state index >= 15 is 0 Å². The first-order valence-electron chi connectivity index (χ1n) is 5.05. The van der Waals surface area contributed by atoms with Crippen molar-refractivity contribution in [1.82, 2.24) is 4.90 Å². The van der Waals surface area contributed by atoms with Crippen LogP contribution in [-0.4, -0.2) is 24.3 Å². The third-order valence-electron chi connectivity index (χ3n) is 2.22. The Morgan fingerprint density at radius 2 is 2.36 bits per heavy atom. The van der Waals surface area contributed by atoms with Gasteiger partial charge < -0.3 is 4.90 Å². The smallest absolute Gasteiger partial charge is 0.0955 e. The highest BCUT2D eigenvalue weighted by atomic mass is 32.1. The average Bonchev–Trinajstić information content (AvgIpc) is 2.67. The number of nitrogens with zero attached hydrogens (tertiary/aromatic N) is 1. The predicted octanol–water partition coefficient (Wildman–Crippen LogP) is 3.00. The quantitative estimate of drug-likeness (QED) is 0.587. The molecule has 0 aromatic carbocycles. The van der Waals surface area contributed by atoms with Gasteiger partial charge in [-0.2, -0.15) is 0 Å². The topological polar surface area (TPSA) is 27.1 Å². The summed E-state index contributed by atoms with van der Waals surface area (Å²) in [4.78, 5) is 3.45. The van der Waals surface area contributed by atoms with Crippen molar-refractivity contribution >= 4 is 17.2 Å². The highest BCUT2D eigenvalue weighted by molar-refractivity contribution is 7.09. The Labute approximate surface area is 90.1 Å². The van der Waals surface area contributed by atoms with Crippen molar-refractivity contribution in [2.75, 3.05) is 13.6 Å². The van der Waals surface area contributed by atoms with Gasteiger partial charge in [-0.1, -0.05) is 13.0 Å². The minimum absolute atomic E-state index is 0.754. The minimum atomic E-state index is 0.754. The molecule has 0 aliphatic heterocycles. The number of thiophene rings is 1. The second-order valence-electron chi connectivity index (χ2n) is 3.45. The van der Waals surface area contributed by atoms with Crippen LogP contribution in [0, 0.1) is 5.41 Å². The van der Waals surface area contributed by atoms with Gasteiger partial charge in [-0.05, 0) is 24.3 Å². The van der Waals surface area contributed by atoms with Crippen molar-refractivity contribution in [3.63, 3.8) is 0 Å². The number of hydrogen-bond acceptors (Lipinski definition) is 2. The van der Waals surface area contributed by atoms with E-state index in [1.165, 1.54) is 4.88 Å². The van der Waals surface area contributed by atoms with E-state index in [2.05, 4.69) is 24.4 Å². The summed E-state index contributed by atoms with van der Waals surface area (Å²) in [6.45, 7) is 3.07. The van der Waals surface area contributed by atoms with Crippen LogP contribution in [-0.2, 0) is 6.42 Å². The maximum absolute atomic E-state index is 7.75. The Morgan fingerprint density at radius 1 is 1.57 bits per heavy atom. The minimum Gasteiger partial charge on any atom is -0.363 e. The molecule has 1 rings (SSSR count). The number of rotatable bonds is 5. The van der Waals surface area contributed by atoms with E-state index < -0.39 is 0 Å². The van der Waals surface area contributed by atoms with Gasteiger partial charge in [0.05, 0.1) is 5.84 Å². The maximum atomic E-state index is 7.75. The molecule has 1 aromatic heterocycles. The molecular weight excluding hydrogens is 192 g/mol. The van der Waals surface area contributed by atoms with Crippen LogP contribution < -0.4 is 0 Å². The molecule has 1 aromatic rings. The van der Waals surface area contributed by atoms with Gasteiger partial charge in [-0.25, -0.2) is 0 Å². The molecule has 3 heteroatoms. The van der Waals surface area contributed by atoms with Crippen molar-refractivity contribution < 1.29 is 0 Å². The van der Waals surface area contributed by atoms with Crippen molar-refractivity contribution in [2.45, 2.75) is 26.2 Å². The maximum Gasteiger partial charge on any atom is 0.0955 e. The van der Waals surface area contributed by atoms with Crippen molar-refractivity contribution in [3.05, 3.63) is 22.4 Å². The number of likely N-dealkylation sites (N-methyl/N-ethyl adjacent to an activating group) is 1. The predicted molar refractivity (Wildman–Crippen MR) is 63.3 cm³/mol. The van der Waals surface area contributed by atoms with E-state index in [0.29, 0.717) is 0 Å². The lowest BCUT2D eigenvalue weighted by atomic mass is 10.2. The molecule has 0 bridgehead atoms. The average molecular weight is 210 g/mol. The number of amidine groups is 1. The van der Waals surface area contributed by atoms with Crippen molar-refractivity contribution in [1.29, 1.82) is 5.41 Å². The fourth-order valence-electron chi connectivity index (χ4n) is 1.30. The third-order valence-corrected chi connectivity index (χ3v) is 3.16. The molecule has 78 valence electrons. The van der Waals surface area contributed by atoms with E-state index in [9.17, 15) is 0 Å². The summed E-state index contributed by atoms with van der Waals surface area (Å²) >= 11 is 1.79. The molecule has 0 spiro atoms. The van der Waals surface area contributed by atoms with Gasteiger partial charge in [0.15, 0.2) is 0 Å². The van der Waals surface area contributed by atoms with Crippen LogP contribution in [0.15, 0.2) is 17.5 Å². The summed E-state index contributed by atoms with van der Waals surface area (Å²) in [5.74, 6) is 0.754. The van der Waals surface area contributed by atoms with Crippen LogP contribution in [0.5, 0.6) is 0 Å². The van der Waals surface area contributed by atoms with Crippen LogP contribution in [0.25, 0.3) is 0 Å². The van der Waals surface area contributed by atoms with Gasteiger partial charge in [-0.3, -0.25) is 5.41 Å². The summed E-state index contributed by atoms with van der Waals surface area (Å²) < 4.78 is 0. The fourth-order valence-corrected chi connectivity index (χ4v) is 1.99. The van der Waals surface area contributed by atoms with Crippen LogP contribution in [0.4, 0.5) is 0 Å². The van der Waals surface area contributed by atoms with Crippen LogP contribution >= 0.6 is 11.3 Å². The monoisotopic (exact) mass is 210 g/mol. The highest BCUT2D eigenvalue weighted by Gasteiger charge is 2.03. The zero-order valence-electron chi connectivity index (χ0n) is 8.92. The second-order valence-corrected chi connectivity index (χ2v) is 4.48. The van der Waals surface area contributed by atoms with Gasteiger partial charge in [0, 0.05) is 24.9 Å². The highest BCUT2D eigenvalue weighted by Crippen LogP contribution is 2.09. The third kappa shape index (κ3) is 3.50. The first-order chi connectivity index (χ1) is 6.74. The van der Waals surface area contributed by atoms with Gasteiger partial charge >= 0.3 is 0 Å². The van der Waals surface area contributed by atoms with Gasteiger partial charge in [0.2, 0.25) is 0 Å². The zero-order valence-corrected chi connectivity index (χ0v) is 9.73. The Morgan fingerprint density at radius 3 is 2.93 bits per heavy atom. The van der Waals surface area contributed by atoms with Gasteiger partial charge in [-0.15, -0.1) is 11.3 Å². The standard InChI is InChI=1S/C11H18N2S/c1-3-5-11(12)13(2)8-7-10-6-4-9-14-10/h4,6,9,12H,3,5,7-8H2,1-2H3. The van der Waals surface area contributed by atoms with Crippen molar-refractivity contribution in [2.24, 2.45) is 0 Å². The molecule has 0 saturated heterocycles. The Kier molecular flexibility index (Phi) is 4.66. The number of nitrogens with one attached hydrogen (secondary N) is 1. The summed E-state index contributed by atoms with van der Waals surface area (Å²) in [6.07, 6.45) is 3.00. The molecule has 0 unspecified atom stereocenters. The first kappa shape index (κ1) is 11.2. The second kappa shape index (κ2) is 5.81. The van der Waals surface area contributed by atoms with E-state index in [-0.39, 0.29) is 0 Å². The molecule has 0 aliphatic rings. The Hall–Kier alpha value is -0.830. The molecule has 0 radical (unpaired) electrons. The summed E-state index contributed by atoms with van der Waals surface area (Å²) in [5.41, 5.74) is 0. The summed E-state index contributed by atoms with van der Waals surface area (Å²) in [6, 6.07) is 4.24. The first-order valence-corrected chi connectivity index (χ1v) is 5.93. The number of hydrogen-bond donors (Lipinski definition) is 1. The van der Waals surface area contributed by atoms with E-state index in [1.807, 2.05) is 11.9 Å². The molecule has 0 fully saturated rings. The molecule has 1 N–H and O–H groups in total. The Balaban J connectivity index is 2.27. The van der Waals surface area contributed by atoms with Crippen LogP contribution in [0.3, 0.4) is 0 Å². The Bertz CT molecular complexity index is 267. The fraction of sp³-hybridized carbons (Fsp3) is 0.545. The van der Waals surface area contributed by atoms with E-state index in [1.54, 1.807) is 11.3 Å². The molecule has 0 aliphatic carbocycles. The molecule has 1 heterocycles. The lowest BCUT2D eigenvalue weighted by molar-refractivity contribution is 0.493. The molecule has 0 amide bonds. The summed E-state index contributed by atoms with van der Waals surface area (Å²) in [7, 11) is 2.01. The van der Waals surface area contributed by atoms with E-state index in [0.717, 1.165) is 31.6 Å². The molecular formula is C11H18N2S. The van der Waals surface area contributed by atoms with E-state index in [4.69, 9.17) is 5.41 Å². The molecule has 14 heavy (non-hydrogen) atoms. The van der Waals surface area contributed by atoms with Crippen molar-refractivity contribution in [3.8, 4) is 0 Å².